The van der Waals surface area contributed by atoms with E-state index in [0.29, 0.717) is 31.8 Å². The van der Waals surface area contributed by atoms with Crippen LogP contribution >= 0.6 is 0 Å². The molecule has 0 aromatic rings. The Morgan fingerprint density at radius 3 is 2.16 bits per heavy atom. The van der Waals surface area contributed by atoms with Gasteiger partial charge in [0.05, 0.1) is 0 Å². The van der Waals surface area contributed by atoms with Crippen LogP contribution in [0, 0.1) is 11.3 Å². The molecule has 5 nitrogen and oxygen atoms in total. The van der Waals surface area contributed by atoms with Crippen molar-refractivity contribution in [2.24, 2.45) is 22.2 Å². The molecule has 0 aromatic carbocycles. The van der Waals surface area contributed by atoms with Crippen LogP contribution in [0.25, 0.3) is 0 Å². The van der Waals surface area contributed by atoms with Crippen LogP contribution in [-0.4, -0.2) is 34.9 Å². The lowest BCUT2D eigenvalue weighted by atomic mass is 9.79. The Morgan fingerprint density at radius 2 is 1.84 bits per heavy atom. The van der Waals surface area contributed by atoms with E-state index in [0.717, 1.165) is 6.42 Å². The first-order chi connectivity index (χ1) is 8.93. The number of nitrogens with two attached hydrogens (primary N) is 1. The maximum absolute atomic E-state index is 12.8. The van der Waals surface area contributed by atoms with Crippen LogP contribution in [0.5, 0.6) is 0 Å². The van der Waals surface area contributed by atoms with E-state index in [1.807, 2.05) is 25.7 Å². The largest absolute Gasteiger partial charge is 0.409 e. The van der Waals surface area contributed by atoms with Crippen molar-refractivity contribution >= 4 is 11.7 Å². The summed E-state index contributed by atoms with van der Waals surface area (Å²) in [7, 11) is 0. The fourth-order valence-electron chi connectivity index (χ4n) is 2.28. The van der Waals surface area contributed by atoms with Crippen LogP contribution in [0.4, 0.5) is 0 Å². The molecular weight excluding hydrogens is 242 g/mol. The van der Waals surface area contributed by atoms with Crippen molar-refractivity contribution < 1.29 is 10.0 Å². The first kappa shape index (κ1) is 17.7. The number of carbonyl (C=O) groups excluding carboxylic acids is 1. The SMILES string of the molecule is CCC(C)CN(CC)C(=O)C(CC)(CC)C(N)=NO. The van der Waals surface area contributed by atoms with Crippen LogP contribution in [0.1, 0.15) is 53.9 Å². The number of hydrogen-bond donors (Lipinski definition) is 2. The molecule has 0 spiro atoms. The standard InChI is InChI=1S/C14H29N3O2/c1-6-11(5)10-17(9-4)13(18)14(7-2,8-3)12(15)16-19/h11,19H,6-10H2,1-5H3,(H2,15,16). The van der Waals surface area contributed by atoms with Crippen molar-refractivity contribution in [3.8, 4) is 0 Å². The molecule has 112 valence electrons. The molecule has 3 N–H and O–H groups in total. The molecular formula is C14H29N3O2. The molecule has 0 aromatic heterocycles. The van der Waals surface area contributed by atoms with E-state index in [1.54, 1.807) is 0 Å². The zero-order chi connectivity index (χ0) is 15.1. The molecule has 1 amide bonds. The maximum Gasteiger partial charge on any atom is 0.236 e. The van der Waals surface area contributed by atoms with Crippen molar-refractivity contribution in [1.82, 2.24) is 4.90 Å². The summed E-state index contributed by atoms with van der Waals surface area (Å²) in [5, 5.41) is 12.0. The van der Waals surface area contributed by atoms with Gasteiger partial charge in [-0.15, -0.1) is 0 Å². The van der Waals surface area contributed by atoms with Gasteiger partial charge in [-0.1, -0.05) is 39.3 Å². The minimum atomic E-state index is -0.877. The first-order valence-corrected chi connectivity index (χ1v) is 7.20. The third-order valence-corrected chi connectivity index (χ3v) is 4.11. The molecule has 5 heteroatoms. The number of nitrogens with zero attached hydrogens (tertiary/aromatic N) is 2. The molecule has 0 aliphatic carbocycles. The molecule has 0 aliphatic rings. The van der Waals surface area contributed by atoms with Crippen LogP contribution in [0.3, 0.4) is 0 Å². The molecule has 0 bridgehead atoms. The Labute approximate surface area is 116 Å². The van der Waals surface area contributed by atoms with Gasteiger partial charge < -0.3 is 15.8 Å². The third kappa shape index (κ3) is 3.85. The third-order valence-electron chi connectivity index (χ3n) is 4.11. The molecule has 0 rings (SSSR count). The van der Waals surface area contributed by atoms with E-state index in [4.69, 9.17) is 10.9 Å². The summed E-state index contributed by atoms with van der Waals surface area (Å²) in [5.74, 6) is 0.434. The van der Waals surface area contributed by atoms with E-state index in [-0.39, 0.29) is 11.7 Å². The molecule has 0 radical (unpaired) electrons. The summed E-state index contributed by atoms with van der Waals surface area (Å²) in [4.78, 5) is 14.6. The minimum Gasteiger partial charge on any atom is -0.409 e. The van der Waals surface area contributed by atoms with Gasteiger partial charge in [0.15, 0.2) is 5.84 Å². The average Bonchev–Trinajstić information content (AvgIpc) is 2.45. The summed E-state index contributed by atoms with van der Waals surface area (Å²) < 4.78 is 0. The summed E-state index contributed by atoms with van der Waals surface area (Å²) in [6, 6.07) is 0. The van der Waals surface area contributed by atoms with Gasteiger partial charge in [0.1, 0.15) is 5.41 Å². The lowest BCUT2D eigenvalue weighted by Crippen LogP contribution is -2.51. The van der Waals surface area contributed by atoms with Crippen molar-refractivity contribution in [1.29, 1.82) is 0 Å². The smallest absolute Gasteiger partial charge is 0.236 e. The Bertz CT molecular complexity index is 312. The Kier molecular flexibility index (Phi) is 7.49. The Hall–Kier alpha value is -1.26. The average molecular weight is 271 g/mol. The highest BCUT2D eigenvalue weighted by molar-refractivity contribution is 6.06. The molecule has 1 unspecified atom stereocenters. The second-order valence-corrected chi connectivity index (χ2v) is 5.13. The van der Waals surface area contributed by atoms with E-state index in [9.17, 15) is 4.79 Å². The zero-order valence-corrected chi connectivity index (χ0v) is 12.9. The fourth-order valence-corrected chi connectivity index (χ4v) is 2.28. The van der Waals surface area contributed by atoms with Gasteiger partial charge in [0.2, 0.25) is 5.91 Å². The molecule has 0 saturated heterocycles. The van der Waals surface area contributed by atoms with Gasteiger partial charge in [-0.2, -0.15) is 0 Å². The minimum absolute atomic E-state index is 0.0186. The second-order valence-electron chi connectivity index (χ2n) is 5.13. The second kappa shape index (κ2) is 8.02. The van der Waals surface area contributed by atoms with E-state index < -0.39 is 5.41 Å². The highest BCUT2D eigenvalue weighted by atomic mass is 16.4. The van der Waals surface area contributed by atoms with Crippen molar-refractivity contribution in [2.75, 3.05) is 13.1 Å². The predicted octanol–water partition coefficient (Wildman–Crippen LogP) is 2.43. The van der Waals surface area contributed by atoms with Gasteiger partial charge in [-0.3, -0.25) is 4.79 Å². The van der Waals surface area contributed by atoms with Crippen LogP contribution in [0.2, 0.25) is 0 Å². The van der Waals surface area contributed by atoms with Crippen molar-refractivity contribution in [2.45, 2.75) is 53.9 Å². The quantitative estimate of drug-likeness (QED) is 0.308. The monoisotopic (exact) mass is 271 g/mol. The number of amidine groups is 1. The van der Waals surface area contributed by atoms with Gasteiger partial charge >= 0.3 is 0 Å². The first-order valence-electron chi connectivity index (χ1n) is 7.20. The summed E-state index contributed by atoms with van der Waals surface area (Å²) >= 11 is 0. The number of rotatable bonds is 8. The predicted molar refractivity (Wildman–Crippen MR) is 78.1 cm³/mol. The van der Waals surface area contributed by atoms with E-state index in [1.165, 1.54) is 0 Å². The number of oxime groups is 1. The van der Waals surface area contributed by atoms with Gasteiger partial charge in [-0.05, 0) is 25.7 Å². The van der Waals surface area contributed by atoms with Crippen LogP contribution in [-0.2, 0) is 4.79 Å². The molecule has 0 aliphatic heterocycles. The Morgan fingerprint density at radius 1 is 1.32 bits per heavy atom. The fraction of sp³-hybridized carbons (Fsp3) is 0.857. The molecule has 1 atom stereocenters. The maximum atomic E-state index is 12.8. The summed E-state index contributed by atoms with van der Waals surface area (Å²) in [6.45, 7) is 11.4. The van der Waals surface area contributed by atoms with E-state index in [2.05, 4.69) is 19.0 Å². The highest BCUT2D eigenvalue weighted by Gasteiger charge is 2.42. The summed E-state index contributed by atoms with van der Waals surface area (Å²) in [5.41, 5.74) is 4.91. The van der Waals surface area contributed by atoms with Crippen LogP contribution in [0.15, 0.2) is 5.16 Å². The lowest BCUT2D eigenvalue weighted by molar-refractivity contribution is -0.139. The van der Waals surface area contributed by atoms with Crippen molar-refractivity contribution in [3.63, 3.8) is 0 Å². The zero-order valence-electron chi connectivity index (χ0n) is 12.9. The number of amides is 1. The highest BCUT2D eigenvalue weighted by Crippen LogP contribution is 2.30. The number of hydrogen-bond acceptors (Lipinski definition) is 3. The molecule has 0 fully saturated rings. The summed E-state index contributed by atoms with van der Waals surface area (Å²) in [6.07, 6.45) is 2.10. The van der Waals surface area contributed by atoms with E-state index >= 15 is 0 Å². The Balaban J connectivity index is 5.28. The number of carbonyl (C=O) groups is 1. The van der Waals surface area contributed by atoms with Gasteiger partial charge in [-0.25, -0.2) is 0 Å². The topological polar surface area (TPSA) is 78.9 Å². The van der Waals surface area contributed by atoms with Gasteiger partial charge in [0, 0.05) is 13.1 Å². The van der Waals surface area contributed by atoms with Gasteiger partial charge in [0.25, 0.3) is 0 Å². The molecule has 19 heavy (non-hydrogen) atoms. The normalized spacial score (nSPS) is 14.3. The molecule has 0 saturated carbocycles. The lowest BCUT2D eigenvalue weighted by Gasteiger charge is -2.35. The molecule has 0 heterocycles. The van der Waals surface area contributed by atoms with Crippen LogP contribution < -0.4 is 5.73 Å². The van der Waals surface area contributed by atoms with Crippen molar-refractivity contribution in [3.05, 3.63) is 0 Å².